The topological polar surface area (TPSA) is 79.3 Å². The van der Waals surface area contributed by atoms with E-state index in [0.29, 0.717) is 0 Å². The number of alkyl halides is 3. The van der Waals surface area contributed by atoms with Crippen LogP contribution in [0.25, 0.3) is 0 Å². The lowest BCUT2D eigenvalue weighted by Crippen LogP contribution is -2.26. The first-order valence-corrected chi connectivity index (χ1v) is 5.96. The number of carboxylic acids is 1. The van der Waals surface area contributed by atoms with Crippen molar-refractivity contribution in [3.8, 4) is 0 Å². The zero-order valence-corrected chi connectivity index (χ0v) is 10.2. The van der Waals surface area contributed by atoms with Crippen LogP contribution in [0.15, 0.2) is 18.3 Å². The largest absolute Gasteiger partial charge is 0.477 e. The van der Waals surface area contributed by atoms with Gasteiger partial charge in [-0.2, -0.15) is 13.2 Å². The molecule has 0 unspecified atom stereocenters. The van der Waals surface area contributed by atoms with E-state index in [1.807, 2.05) is 0 Å². The summed E-state index contributed by atoms with van der Waals surface area (Å²) >= 11 is -0.242. The normalized spacial score (nSPS) is 11.1. The number of hydrogen-bond acceptors (Lipinski definition) is 4. The van der Waals surface area contributed by atoms with Crippen molar-refractivity contribution in [3.63, 3.8) is 0 Å². The van der Waals surface area contributed by atoms with E-state index in [-0.39, 0.29) is 35.3 Å². The molecule has 104 valence electrons. The SMILES string of the molecule is O=C(NCCSC(F)(F)F)c1ccnc(C(=O)O)c1. The van der Waals surface area contributed by atoms with E-state index in [9.17, 15) is 22.8 Å². The van der Waals surface area contributed by atoms with Crippen molar-refractivity contribution >= 4 is 23.6 Å². The number of thioether (sulfide) groups is 1. The molecule has 2 N–H and O–H groups in total. The van der Waals surface area contributed by atoms with Gasteiger partial charge in [0.25, 0.3) is 5.91 Å². The van der Waals surface area contributed by atoms with Crippen LogP contribution in [-0.2, 0) is 0 Å². The summed E-state index contributed by atoms with van der Waals surface area (Å²) in [5, 5.41) is 10.9. The Bertz CT molecular complexity index is 479. The fourth-order valence-corrected chi connectivity index (χ4v) is 1.56. The van der Waals surface area contributed by atoms with Gasteiger partial charge in [-0.05, 0) is 23.9 Å². The lowest BCUT2D eigenvalue weighted by atomic mass is 10.2. The number of carbonyl (C=O) groups excluding carboxylic acids is 1. The van der Waals surface area contributed by atoms with Crippen molar-refractivity contribution in [1.29, 1.82) is 0 Å². The number of halogens is 3. The van der Waals surface area contributed by atoms with E-state index < -0.39 is 17.4 Å². The minimum absolute atomic E-state index is 0.0319. The van der Waals surface area contributed by atoms with Crippen molar-refractivity contribution in [2.75, 3.05) is 12.3 Å². The van der Waals surface area contributed by atoms with Gasteiger partial charge < -0.3 is 10.4 Å². The summed E-state index contributed by atoms with van der Waals surface area (Å²) in [4.78, 5) is 25.7. The van der Waals surface area contributed by atoms with Crippen LogP contribution in [0, 0.1) is 0 Å². The molecule has 9 heteroatoms. The summed E-state index contributed by atoms with van der Waals surface area (Å²) in [6.45, 7) is -0.173. The summed E-state index contributed by atoms with van der Waals surface area (Å²) in [5.74, 6) is -2.25. The highest BCUT2D eigenvalue weighted by Crippen LogP contribution is 2.29. The molecule has 0 bridgehead atoms. The van der Waals surface area contributed by atoms with Crippen molar-refractivity contribution < 1.29 is 27.9 Å². The van der Waals surface area contributed by atoms with Crippen LogP contribution in [-0.4, -0.2) is 39.8 Å². The number of rotatable bonds is 5. The Morgan fingerprint density at radius 2 is 2.11 bits per heavy atom. The third-order valence-corrected chi connectivity index (χ3v) is 2.63. The number of nitrogens with one attached hydrogen (secondary N) is 1. The highest BCUT2D eigenvalue weighted by molar-refractivity contribution is 8.00. The molecule has 0 atom stereocenters. The van der Waals surface area contributed by atoms with Crippen molar-refractivity contribution in [2.45, 2.75) is 5.51 Å². The molecule has 0 aliphatic rings. The van der Waals surface area contributed by atoms with Crippen LogP contribution < -0.4 is 5.32 Å². The van der Waals surface area contributed by atoms with E-state index in [4.69, 9.17) is 5.11 Å². The third kappa shape index (κ3) is 5.60. The van der Waals surface area contributed by atoms with Crippen molar-refractivity contribution in [2.24, 2.45) is 0 Å². The molecular weight excluding hydrogens is 285 g/mol. The lowest BCUT2D eigenvalue weighted by molar-refractivity contribution is -0.0327. The molecule has 1 aromatic rings. The number of hydrogen-bond donors (Lipinski definition) is 2. The second kappa shape index (κ2) is 6.41. The highest BCUT2D eigenvalue weighted by atomic mass is 32.2. The molecular formula is C10H9F3N2O3S. The van der Waals surface area contributed by atoms with E-state index in [1.54, 1.807) is 0 Å². The Morgan fingerprint density at radius 1 is 1.42 bits per heavy atom. The number of nitrogens with zero attached hydrogens (tertiary/aromatic N) is 1. The molecule has 0 aliphatic carbocycles. The Kier molecular flexibility index (Phi) is 5.16. The maximum atomic E-state index is 11.8. The molecule has 0 aromatic carbocycles. The van der Waals surface area contributed by atoms with Crippen LogP contribution in [0.3, 0.4) is 0 Å². The molecule has 1 heterocycles. The number of pyridine rings is 1. The van der Waals surface area contributed by atoms with Gasteiger partial charge in [-0.15, -0.1) is 0 Å². The zero-order chi connectivity index (χ0) is 14.5. The maximum absolute atomic E-state index is 11.8. The van der Waals surface area contributed by atoms with E-state index in [2.05, 4.69) is 10.3 Å². The minimum Gasteiger partial charge on any atom is -0.477 e. The number of carbonyl (C=O) groups is 2. The molecule has 0 saturated heterocycles. The fourth-order valence-electron chi connectivity index (χ4n) is 1.12. The van der Waals surface area contributed by atoms with Crippen LogP contribution in [0.2, 0.25) is 0 Å². The van der Waals surface area contributed by atoms with E-state index >= 15 is 0 Å². The number of carboxylic acid groups (broad SMARTS) is 1. The number of aromatic carboxylic acids is 1. The molecule has 19 heavy (non-hydrogen) atoms. The first kappa shape index (κ1) is 15.3. The van der Waals surface area contributed by atoms with Gasteiger partial charge in [0.05, 0.1) is 0 Å². The number of aromatic nitrogens is 1. The van der Waals surface area contributed by atoms with Crippen LogP contribution in [0.1, 0.15) is 20.8 Å². The van der Waals surface area contributed by atoms with E-state index in [0.717, 1.165) is 12.3 Å². The monoisotopic (exact) mass is 294 g/mol. The molecule has 0 fully saturated rings. The van der Waals surface area contributed by atoms with Gasteiger partial charge in [0.1, 0.15) is 5.69 Å². The van der Waals surface area contributed by atoms with Gasteiger partial charge in [0.15, 0.2) is 0 Å². The maximum Gasteiger partial charge on any atom is 0.441 e. The van der Waals surface area contributed by atoms with E-state index in [1.165, 1.54) is 6.07 Å². The van der Waals surface area contributed by atoms with Crippen LogP contribution >= 0.6 is 11.8 Å². The quantitative estimate of drug-likeness (QED) is 0.809. The predicted molar refractivity (Wildman–Crippen MR) is 62.0 cm³/mol. The van der Waals surface area contributed by atoms with Gasteiger partial charge in [0.2, 0.25) is 0 Å². The molecule has 0 radical (unpaired) electrons. The van der Waals surface area contributed by atoms with Gasteiger partial charge >= 0.3 is 11.5 Å². The van der Waals surface area contributed by atoms with Crippen LogP contribution in [0.5, 0.6) is 0 Å². The fraction of sp³-hybridized carbons (Fsp3) is 0.300. The highest BCUT2D eigenvalue weighted by Gasteiger charge is 2.27. The Balaban J connectivity index is 2.50. The Hall–Kier alpha value is -1.77. The first-order valence-electron chi connectivity index (χ1n) is 4.98. The Morgan fingerprint density at radius 3 is 2.68 bits per heavy atom. The first-order chi connectivity index (χ1) is 8.79. The molecule has 1 rings (SSSR count). The lowest BCUT2D eigenvalue weighted by Gasteiger charge is -2.07. The molecule has 0 saturated carbocycles. The molecule has 5 nitrogen and oxygen atoms in total. The molecule has 1 amide bonds. The number of amides is 1. The average Bonchev–Trinajstić information content (AvgIpc) is 2.33. The van der Waals surface area contributed by atoms with Crippen molar-refractivity contribution in [1.82, 2.24) is 10.3 Å². The molecule has 0 spiro atoms. The van der Waals surface area contributed by atoms with Crippen molar-refractivity contribution in [3.05, 3.63) is 29.6 Å². The van der Waals surface area contributed by atoms with Crippen LogP contribution in [0.4, 0.5) is 13.2 Å². The molecule has 1 aromatic heterocycles. The standard InChI is InChI=1S/C10H9F3N2O3S/c11-10(12,13)19-4-3-15-8(16)6-1-2-14-7(5-6)9(17)18/h1-2,5H,3-4H2,(H,15,16)(H,17,18). The summed E-state index contributed by atoms with van der Waals surface area (Å²) in [7, 11) is 0. The predicted octanol–water partition coefficient (Wildman–Crippen LogP) is 1.76. The minimum atomic E-state index is -4.34. The summed E-state index contributed by atoms with van der Waals surface area (Å²) in [6.07, 6.45) is 1.14. The second-order valence-electron chi connectivity index (χ2n) is 3.29. The van der Waals surface area contributed by atoms with Gasteiger partial charge in [0, 0.05) is 24.1 Å². The molecule has 0 aliphatic heterocycles. The third-order valence-electron chi connectivity index (χ3n) is 1.89. The van der Waals surface area contributed by atoms with Gasteiger partial charge in [-0.3, -0.25) is 4.79 Å². The summed E-state index contributed by atoms with van der Waals surface area (Å²) < 4.78 is 35.5. The summed E-state index contributed by atoms with van der Waals surface area (Å²) in [5.41, 5.74) is -4.61. The van der Waals surface area contributed by atoms with Gasteiger partial charge in [-0.1, -0.05) is 0 Å². The summed E-state index contributed by atoms with van der Waals surface area (Å²) in [6, 6.07) is 2.33. The van der Waals surface area contributed by atoms with Gasteiger partial charge in [-0.25, -0.2) is 9.78 Å². The average molecular weight is 294 g/mol. The smallest absolute Gasteiger partial charge is 0.441 e. The second-order valence-corrected chi connectivity index (χ2v) is 4.44. The Labute approximate surface area is 110 Å². The zero-order valence-electron chi connectivity index (χ0n) is 9.40.